The molecule has 0 bridgehead atoms. The number of aromatic carboxylic acids is 1. The van der Waals surface area contributed by atoms with Crippen LogP contribution in [-0.4, -0.2) is 30.3 Å². The van der Waals surface area contributed by atoms with E-state index in [0.717, 1.165) is 0 Å². The van der Waals surface area contributed by atoms with Gasteiger partial charge in [-0.25, -0.2) is 4.79 Å². The number of furan rings is 1. The first-order valence-electron chi connectivity index (χ1n) is 5.02. The minimum atomic E-state index is -1.05. The predicted molar refractivity (Wildman–Crippen MR) is 58.5 cm³/mol. The van der Waals surface area contributed by atoms with Crippen LogP contribution >= 0.6 is 0 Å². The average molecular weight is 227 g/mol. The van der Waals surface area contributed by atoms with Crippen molar-refractivity contribution in [3.05, 3.63) is 23.7 Å². The van der Waals surface area contributed by atoms with Gasteiger partial charge in [0.05, 0.1) is 12.1 Å². The van der Waals surface area contributed by atoms with Gasteiger partial charge in [0.25, 0.3) is 0 Å². The molecule has 90 valence electrons. The summed E-state index contributed by atoms with van der Waals surface area (Å²) in [6, 6.07) is 3.09. The Morgan fingerprint density at radius 2 is 2.25 bits per heavy atom. The molecule has 0 aromatic carbocycles. The Labute approximate surface area is 94.4 Å². The van der Waals surface area contributed by atoms with Crippen LogP contribution in [0.4, 0.5) is 0 Å². The van der Waals surface area contributed by atoms with Crippen LogP contribution in [0, 0.1) is 0 Å². The summed E-state index contributed by atoms with van der Waals surface area (Å²) in [5.74, 6) is -0.490. The molecule has 1 aromatic heterocycles. The van der Waals surface area contributed by atoms with Gasteiger partial charge in [-0.1, -0.05) is 0 Å². The zero-order chi connectivity index (χ0) is 12.2. The van der Waals surface area contributed by atoms with Crippen LogP contribution in [0.1, 0.15) is 30.2 Å². The quantitative estimate of drug-likeness (QED) is 0.770. The van der Waals surface area contributed by atoms with E-state index in [1.54, 1.807) is 13.2 Å². The molecule has 0 saturated carbocycles. The third kappa shape index (κ3) is 3.67. The highest BCUT2D eigenvalue weighted by Crippen LogP contribution is 2.09. The van der Waals surface area contributed by atoms with E-state index in [1.165, 1.54) is 6.07 Å². The van der Waals surface area contributed by atoms with Crippen molar-refractivity contribution < 1.29 is 19.1 Å². The lowest BCUT2D eigenvalue weighted by atomic mass is 10.1. The predicted octanol–water partition coefficient (Wildman–Crippen LogP) is 1.49. The Morgan fingerprint density at radius 3 is 2.75 bits per heavy atom. The molecular weight excluding hydrogens is 210 g/mol. The molecular formula is C11H17NO4. The first kappa shape index (κ1) is 12.7. The second-order valence-corrected chi connectivity index (χ2v) is 4.14. The van der Waals surface area contributed by atoms with Gasteiger partial charge in [0.1, 0.15) is 5.76 Å². The van der Waals surface area contributed by atoms with E-state index in [9.17, 15) is 4.79 Å². The van der Waals surface area contributed by atoms with Gasteiger partial charge in [0.2, 0.25) is 5.76 Å². The summed E-state index contributed by atoms with van der Waals surface area (Å²) in [7, 11) is 1.65. The Bertz CT molecular complexity index is 357. The summed E-state index contributed by atoms with van der Waals surface area (Å²) in [6.45, 7) is 5.07. The third-order valence-corrected chi connectivity index (χ3v) is 2.27. The van der Waals surface area contributed by atoms with Crippen molar-refractivity contribution >= 4 is 5.97 Å². The number of carboxylic acids is 1. The van der Waals surface area contributed by atoms with Gasteiger partial charge in [-0.15, -0.1) is 0 Å². The van der Waals surface area contributed by atoms with Gasteiger partial charge in [0, 0.05) is 13.7 Å². The summed E-state index contributed by atoms with van der Waals surface area (Å²) < 4.78 is 10.3. The second kappa shape index (κ2) is 5.14. The SMILES string of the molecule is COC(C)(C)CNCc1ccc(C(=O)O)o1. The highest BCUT2D eigenvalue weighted by Gasteiger charge is 2.16. The number of nitrogens with one attached hydrogen (secondary N) is 1. The summed E-state index contributed by atoms with van der Waals surface area (Å²) in [6.07, 6.45) is 0. The first-order valence-corrected chi connectivity index (χ1v) is 5.02. The molecule has 0 radical (unpaired) electrons. The number of methoxy groups -OCH3 is 1. The lowest BCUT2D eigenvalue weighted by Gasteiger charge is -2.22. The summed E-state index contributed by atoms with van der Waals surface area (Å²) >= 11 is 0. The van der Waals surface area contributed by atoms with E-state index in [0.29, 0.717) is 18.8 Å². The fourth-order valence-electron chi connectivity index (χ4n) is 1.15. The zero-order valence-electron chi connectivity index (χ0n) is 9.74. The molecule has 1 heterocycles. The molecule has 1 aromatic rings. The Hall–Kier alpha value is -1.33. The topological polar surface area (TPSA) is 71.7 Å². The minimum Gasteiger partial charge on any atom is -0.475 e. The second-order valence-electron chi connectivity index (χ2n) is 4.14. The molecule has 0 aliphatic heterocycles. The van der Waals surface area contributed by atoms with Crippen LogP contribution in [-0.2, 0) is 11.3 Å². The third-order valence-electron chi connectivity index (χ3n) is 2.27. The van der Waals surface area contributed by atoms with E-state index in [-0.39, 0.29) is 11.4 Å². The fraction of sp³-hybridized carbons (Fsp3) is 0.545. The molecule has 0 aliphatic carbocycles. The Kier molecular flexibility index (Phi) is 4.09. The monoisotopic (exact) mass is 227 g/mol. The van der Waals surface area contributed by atoms with Crippen LogP contribution in [0.3, 0.4) is 0 Å². The van der Waals surface area contributed by atoms with Crippen molar-refractivity contribution in [1.82, 2.24) is 5.32 Å². The zero-order valence-corrected chi connectivity index (χ0v) is 9.74. The maximum atomic E-state index is 10.6. The molecule has 0 aliphatic rings. The Morgan fingerprint density at radius 1 is 1.56 bits per heavy atom. The van der Waals surface area contributed by atoms with E-state index in [1.807, 2.05) is 13.8 Å². The van der Waals surface area contributed by atoms with Gasteiger partial charge in [0.15, 0.2) is 0 Å². The lowest BCUT2D eigenvalue weighted by Crippen LogP contribution is -2.36. The lowest BCUT2D eigenvalue weighted by molar-refractivity contribution is 0.0227. The van der Waals surface area contributed by atoms with E-state index in [4.69, 9.17) is 14.3 Å². The number of hydrogen-bond donors (Lipinski definition) is 2. The summed E-state index contributed by atoms with van der Waals surface area (Å²) in [5, 5.41) is 11.8. The fourth-order valence-corrected chi connectivity index (χ4v) is 1.15. The van der Waals surface area contributed by atoms with Crippen molar-refractivity contribution in [3.63, 3.8) is 0 Å². The molecule has 0 atom stereocenters. The van der Waals surface area contributed by atoms with Crippen LogP contribution in [0.5, 0.6) is 0 Å². The van der Waals surface area contributed by atoms with Crippen molar-refractivity contribution in [3.8, 4) is 0 Å². The van der Waals surface area contributed by atoms with E-state index >= 15 is 0 Å². The van der Waals surface area contributed by atoms with Gasteiger partial charge >= 0.3 is 5.97 Å². The van der Waals surface area contributed by atoms with Gasteiger partial charge in [-0.3, -0.25) is 0 Å². The molecule has 0 amide bonds. The molecule has 2 N–H and O–H groups in total. The van der Waals surface area contributed by atoms with Crippen LogP contribution < -0.4 is 5.32 Å². The van der Waals surface area contributed by atoms with Crippen molar-refractivity contribution in [2.75, 3.05) is 13.7 Å². The largest absolute Gasteiger partial charge is 0.475 e. The molecule has 0 spiro atoms. The number of hydrogen-bond acceptors (Lipinski definition) is 4. The van der Waals surface area contributed by atoms with Crippen molar-refractivity contribution in [1.29, 1.82) is 0 Å². The molecule has 0 fully saturated rings. The average Bonchev–Trinajstić information content (AvgIpc) is 2.66. The molecule has 16 heavy (non-hydrogen) atoms. The number of rotatable bonds is 6. The molecule has 0 saturated heterocycles. The maximum Gasteiger partial charge on any atom is 0.371 e. The van der Waals surface area contributed by atoms with Crippen molar-refractivity contribution in [2.24, 2.45) is 0 Å². The summed E-state index contributed by atoms with van der Waals surface area (Å²) in [5.41, 5.74) is -0.248. The minimum absolute atomic E-state index is 0.0391. The first-order chi connectivity index (χ1) is 7.44. The highest BCUT2D eigenvalue weighted by atomic mass is 16.5. The molecule has 0 unspecified atom stereocenters. The number of ether oxygens (including phenoxy) is 1. The Balaban J connectivity index is 2.40. The highest BCUT2D eigenvalue weighted by molar-refractivity contribution is 5.84. The van der Waals surface area contributed by atoms with Crippen molar-refractivity contribution in [2.45, 2.75) is 26.0 Å². The molecule has 1 rings (SSSR count). The molecule has 5 nitrogen and oxygen atoms in total. The van der Waals surface area contributed by atoms with E-state index < -0.39 is 5.97 Å². The number of carbonyl (C=O) groups is 1. The van der Waals surface area contributed by atoms with Gasteiger partial charge in [-0.2, -0.15) is 0 Å². The summed E-state index contributed by atoms with van der Waals surface area (Å²) in [4.78, 5) is 10.6. The smallest absolute Gasteiger partial charge is 0.371 e. The van der Waals surface area contributed by atoms with Crippen LogP contribution in [0.25, 0.3) is 0 Å². The normalized spacial score (nSPS) is 11.7. The van der Waals surface area contributed by atoms with Gasteiger partial charge < -0.3 is 19.6 Å². The molecule has 5 heteroatoms. The van der Waals surface area contributed by atoms with Crippen LogP contribution in [0.15, 0.2) is 16.5 Å². The number of carboxylic acid groups (broad SMARTS) is 1. The van der Waals surface area contributed by atoms with Crippen LogP contribution in [0.2, 0.25) is 0 Å². The van der Waals surface area contributed by atoms with Gasteiger partial charge in [-0.05, 0) is 26.0 Å². The standard InChI is InChI=1S/C11H17NO4/c1-11(2,15-3)7-12-6-8-4-5-9(16-8)10(13)14/h4-5,12H,6-7H2,1-3H3,(H,13,14). The van der Waals surface area contributed by atoms with E-state index in [2.05, 4.69) is 5.32 Å². The maximum absolute atomic E-state index is 10.6.